The number of carbonyl (C=O) groups is 1. The molecule has 0 unspecified atom stereocenters. The van der Waals surface area contributed by atoms with Crippen molar-refractivity contribution in [3.63, 3.8) is 0 Å². The number of ether oxygens (including phenoxy) is 1. The first-order chi connectivity index (χ1) is 17.2. The summed E-state index contributed by atoms with van der Waals surface area (Å²) in [7, 11) is 0. The highest BCUT2D eigenvalue weighted by molar-refractivity contribution is 5.83. The van der Waals surface area contributed by atoms with Gasteiger partial charge in [-0.2, -0.15) is 0 Å². The van der Waals surface area contributed by atoms with Crippen molar-refractivity contribution in [2.24, 2.45) is 0 Å². The van der Waals surface area contributed by atoms with Crippen LogP contribution >= 0.6 is 0 Å². The predicted molar refractivity (Wildman–Crippen MR) is 138 cm³/mol. The first kappa shape index (κ1) is 24.6. The second kappa shape index (κ2) is 12.8. The van der Waals surface area contributed by atoms with E-state index in [-0.39, 0.29) is 24.9 Å². The van der Waals surface area contributed by atoms with E-state index in [0.717, 1.165) is 37.9 Å². The number of hydrogen-bond donors (Lipinski definition) is 3. The molecule has 1 heterocycles. The molecule has 182 valence electrons. The molecule has 0 atom stereocenters. The summed E-state index contributed by atoms with van der Waals surface area (Å²) in [5, 5.41) is 7.71. The molecule has 4 aromatic rings. The molecule has 0 aliphatic rings. The number of rotatable bonds is 13. The Hall–Kier alpha value is -3.48. The summed E-state index contributed by atoms with van der Waals surface area (Å²) >= 11 is 0. The zero-order valence-electron chi connectivity index (χ0n) is 19.9. The minimum atomic E-state index is -0.282. The molecule has 3 N–H and O–H groups in total. The van der Waals surface area contributed by atoms with Crippen LogP contribution in [0.25, 0.3) is 10.9 Å². The lowest BCUT2D eigenvalue weighted by molar-refractivity contribution is -0.126. The number of amides is 1. The van der Waals surface area contributed by atoms with Gasteiger partial charge in [-0.25, -0.2) is 4.39 Å². The van der Waals surface area contributed by atoms with Crippen LogP contribution in [0.5, 0.6) is 0 Å². The Morgan fingerprint density at radius 1 is 0.857 bits per heavy atom. The summed E-state index contributed by atoms with van der Waals surface area (Å²) in [5.74, 6) is -0.420. The van der Waals surface area contributed by atoms with Gasteiger partial charge in [0.1, 0.15) is 12.4 Å². The van der Waals surface area contributed by atoms with E-state index in [0.29, 0.717) is 6.54 Å². The lowest BCUT2D eigenvalue weighted by atomic mass is 10.1. The quantitative estimate of drug-likeness (QED) is 0.242. The van der Waals surface area contributed by atoms with Gasteiger partial charge in [-0.05, 0) is 66.3 Å². The fourth-order valence-electron chi connectivity index (χ4n) is 4.03. The number of aryl methyl sites for hydroxylation is 1. The maximum Gasteiger partial charge on any atom is 0.246 e. The van der Waals surface area contributed by atoms with Crippen LogP contribution < -0.4 is 10.6 Å². The van der Waals surface area contributed by atoms with Crippen molar-refractivity contribution in [3.05, 3.63) is 107 Å². The van der Waals surface area contributed by atoms with Gasteiger partial charge in [0.25, 0.3) is 0 Å². The topological polar surface area (TPSA) is 66.2 Å². The second-order valence-electron chi connectivity index (χ2n) is 8.68. The van der Waals surface area contributed by atoms with Gasteiger partial charge in [0.15, 0.2) is 0 Å². The first-order valence-corrected chi connectivity index (χ1v) is 12.1. The molecule has 0 radical (unpaired) electrons. The number of H-pyrrole nitrogens is 1. The highest BCUT2D eigenvalue weighted by Gasteiger charge is 2.04. The fourth-order valence-corrected chi connectivity index (χ4v) is 4.03. The van der Waals surface area contributed by atoms with Crippen LogP contribution in [0.3, 0.4) is 0 Å². The van der Waals surface area contributed by atoms with Crippen molar-refractivity contribution in [1.29, 1.82) is 0 Å². The smallest absolute Gasteiger partial charge is 0.246 e. The maximum absolute atomic E-state index is 12.9. The van der Waals surface area contributed by atoms with Crippen molar-refractivity contribution in [1.82, 2.24) is 15.6 Å². The van der Waals surface area contributed by atoms with Crippen LogP contribution in [0.15, 0.2) is 79.0 Å². The molecule has 6 heteroatoms. The SMILES string of the molecule is O=C(COCc1ccc(F)cc1)NCCCc1ccc(CNCCc2c[nH]c3ccccc23)cc1. The molecule has 0 fully saturated rings. The van der Waals surface area contributed by atoms with Crippen molar-refractivity contribution in [2.45, 2.75) is 32.4 Å². The van der Waals surface area contributed by atoms with Crippen molar-refractivity contribution in [3.8, 4) is 0 Å². The third-order valence-electron chi connectivity index (χ3n) is 5.98. The molecule has 0 spiro atoms. The summed E-state index contributed by atoms with van der Waals surface area (Å²) in [6.07, 6.45) is 4.87. The fraction of sp³-hybridized carbons (Fsp3) is 0.276. The molecule has 5 nitrogen and oxygen atoms in total. The summed E-state index contributed by atoms with van der Waals surface area (Å²) in [4.78, 5) is 15.2. The monoisotopic (exact) mass is 473 g/mol. The molecule has 0 aliphatic heterocycles. The molecule has 0 bridgehead atoms. The average molecular weight is 474 g/mol. The Balaban J connectivity index is 1.07. The van der Waals surface area contributed by atoms with Gasteiger partial charge in [-0.1, -0.05) is 54.6 Å². The van der Waals surface area contributed by atoms with Crippen LogP contribution in [-0.4, -0.2) is 30.6 Å². The van der Waals surface area contributed by atoms with Gasteiger partial charge < -0.3 is 20.4 Å². The minimum Gasteiger partial charge on any atom is -0.367 e. The van der Waals surface area contributed by atoms with E-state index in [1.165, 1.54) is 39.7 Å². The molecule has 35 heavy (non-hydrogen) atoms. The van der Waals surface area contributed by atoms with E-state index in [1.54, 1.807) is 12.1 Å². The molecule has 3 aromatic carbocycles. The van der Waals surface area contributed by atoms with Gasteiger partial charge in [0.05, 0.1) is 6.61 Å². The van der Waals surface area contributed by atoms with Gasteiger partial charge >= 0.3 is 0 Å². The van der Waals surface area contributed by atoms with Crippen LogP contribution in [0.1, 0.15) is 28.7 Å². The van der Waals surface area contributed by atoms with Crippen molar-refractivity contribution in [2.75, 3.05) is 19.7 Å². The number of benzene rings is 3. The number of halogens is 1. The summed E-state index contributed by atoms with van der Waals surface area (Å²) in [6, 6.07) is 23.1. The molecule has 0 saturated heterocycles. The molecular formula is C29H32FN3O2. The van der Waals surface area contributed by atoms with Gasteiger partial charge in [0.2, 0.25) is 5.91 Å². The number of fused-ring (bicyclic) bond motifs is 1. The van der Waals surface area contributed by atoms with E-state index < -0.39 is 0 Å². The lowest BCUT2D eigenvalue weighted by Crippen LogP contribution is -2.28. The molecule has 1 amide bonds. The zero-order valence-corrected chi connectivity index (χ0v) is 19.9. The molecule has 0 aliphatic carbocycles. The summed E-state index contributed by atoms with van der Waals surface area (Å²) in [6.45, 7) is 2.67. The van der Waals surface area contributed by atoms with E-state index in [2.05, 4.69) is 70.3 Å². The summed E-state index contributed by atoms with van der Waals surface area (Å²) < 4.78 is 18.3. The van der Waals surface area contributed by atoms with E-state index in [1.807, 2.05) is 0 Å². The number of nitrogens with one attached hydrogen (secondary N) is 3. The van der Waals surface area contributed by atoms with Crippen LogP contribution in [0, 0.1) is 5.82 Å². The molecule has 0 saturated carbocycles. The highest BCUT2D eigenvalue weighted by atomic mass is 19.1. The highest BCUT2D eigenvalue weighted by Crippen LogP contribution is 2.17. The Morgan fingerprint density at radius 3 is 2.43 bits per heavy atom. The standard InChI is InChI=1S/C29H32FN3O2/c30-26-13-11-24(12-14-26)20-35-21-29(34)32-16-3-4-22-7-9-23(10-8-22)18-31-17-15-25-19-33-28-6-2-1-5-27(25)28/h1-2,5-14,19,31,33H,3-4,15-18,20-21H2,(H,32,34). The zero-order chi connectivity index (χ0) is 24.3. The normalized spacial score (nSPS) is 11.1. The number of para-hydroxylation sites is 1. The minimum absolute atomic E-state index is 0.000614. The van der Waals surface area contributed by atoms with Crippen molar-refractivity contribution < 1.29 is 13.9 Å². The van der Waals surface area contributed by atoms with E-state index in [4.69, 9.17) is 4.74 Å². The van der Waals surface area contributed by atoms with Crippen molar-refractivity contribution >= 4 is 16.8 Å². The number of hydrogen-bond acceptors (Lipinski definition) is 3. The Morgan fingerprint density at radius 2 is 1.60 bits per heavy atom. The number of aromatic nitrogens is 1. The van der Waals surface area contributed by atoms with Gasteiger partial charge in [0, 0.05) is 30.2 Å². The first-order valence-electron chi connectivity index (χ1n) is 12.1. The van der Waals surface area contributed by atoms with Crippen LogP contribution in [0.2, 0.25) is 0 Å². The third kappa shape index (κ3) is 7.77. The largest absolute Gasteiger partial charge is 0.367 e. The van der Waals surface area contributed by atoms with E-state index >= 15 is 0 Å². The average Bonchev–Trinajstić information content (AvgIpc) is 3.29. The van der Waals surface area contributed by atoms with Crippen LogP contribution in [-0.2, 0) is 35.5 Å². The Labute approximate surface area is 205 Å². The predicted octanol–water partition coefficient (Wildman–Crippen LogP) is 4.90. The third-order valence-corrected chi connectivity index (χ3v) is 5.98. The number of aromatic amines is 1. The number of carbonyl (C=O) groups excluding carboxylic acids is 1. The Kier molecular flexibility index (Phi) is 9.04. The molecule has 4 rings (SSSR count). The lowest BCUT2D eigenvalue weighted by Gasteiger charge is -2.08. The Bertz CT molecular complexity index is 1200. The van der Waals surface area contributed by atoms with E-state index in [9.17, 15) is 9.18 Å². The maximum atomic E-state index is 12.9. The van der Waals surface area contributed by atoms with Gasteiger partial charge in [-0.3, -0.25) is 4.79 Å². The molecule has 1 aromatic heterocycles. The molecular weight excluding hydrogens is 441 g/mol. The summed E-state index contributed by atoms with van der Waals surface area (Å²) in [5.41, 5.74) is 5.89. The second-order valence-corrected chi connectivity index (χ2v) is 8.68. The van der Waals surface area contributed by atoms with Crippen LogP contribution in [0.4, 0.5) is 4.39 Å². The van der Waals surface area contributed by atoms with Gasteiger partial charge in [-0.15, -0.1) is 0 Å².